The summed E-state index contributed by atoms with van der Waals surface area (Å²) < 4.78 is 11.4. The van der Waals surface area contributed by atoms with Crippen molar-refractivity contribution in [3.8, 4) is 23.0 Å². The molecule has 0 amide bonds. The number of aromatic nitrogens is 1. The molecule has 0 bridgehead atoms. The summed E-state index contributed by atoms with van der Waals surface area (Å²) in [6.45, 7) is 6.84. The molecule has 2 aromatic carbocycles. The summed E-state index contributed by atoms with van der Waals surface area (Å²) in [5, 5.41) is 19.8. The molecule has 0 saturated carbocycles. The Morgan fingerprint density at radius 2 is 1.82 bits per heavy atom. The van der Waals surface area contributed by atoms with E-state index in [1.807, 2.05) is 13.8 Å². The first-order valence-corrected chi connectivity index (χ1v) is 10.9. The molecule has 0 aliphatic heterocycles. The molecule has 3 rings (SSSR count). The van der Waals surface area contributed by atoms with Crippen molar-refractivity contribution < 1.29 is 29.0 Å². The average molecular weight is 472 g/mol. The minimum Gasteiger partial charge on any atom is -0.507 e. The number of carboxylic acids is 1. The number of benzene rings is 2. The number of carbonyl (C=O) groups is 2. The van der Waals surface area contributed by atoms with E-state index < -0.39 is 11.6 Å². The van der Waals surface area contributed by atoms with Crippen molar-refractivity contribution in [3.05, 3.63) is 64.5 Å². The maximum atomic E-state index is 12.7. The van der Waals surface area contributed by atoms with Crippen molar-refractivity contribution in [3.63, 3.8) is 0 Å². The number of halogens is 1. The van der Waals surface area contributed by atoms with E-state index in [0.29, 0.717) is 39.8 Å². The molecule has 0 radical (unpaired) electrons. The van der Waals surface area contributed by atoms with Gasteiger partial charge in [-0.15, -0.1) is 0 Å². The highest BCUT2D eigenvalue weighted by molar-refractivity contribution is 6.30. The van der Waals surface area contributed by atoms with Gasteiger partial charge in [0.2, 0.25) is 5.89 Å². The van der Waals surface area contributed by atoms with Gasteiger partial charge in [-0.3, -0.25) is 4.79 Å². The van der Waals surface area contributed by atoms with Crippen molar-refractivity contribution in [1.82, 2.24) is 4.98 Å². The lowest BCUT2D eigenvalue weighted by molar-refractivity contribution is -0.152. The Morgan fingerprint density at radius 1 is 1.15 bits per heavy atom. The first-order valence-electron chi connectivity index (χ1n) is 10.5. The summed E-state index contributed by atoms with van der Waals surface area (Å²) in [4.78, 5) is 28.5. The molecule has 3 aromatic rings. The summed E-state index contributed by atoms with van der Waals surface area (Å²) in [6.07, 6.45) is 0.577. The van der Waals surface area contributed by atoms with Crippen LogP contribution in [0.15, 0.2) is 46.9 Å². The Balaban J connectivity index is 1.73. The van der Waals surface area contributed by atoms with Gasteiger partial charge in [0.05, 0.1) is 11.3 Å². The van der Waals surface area contributed by atoms with Gasteiger partial charge in [0.1, 0.15) is 17.3 Å². The van der Waals surface area contributed by atoms with Gasteiger partial charge in [-0.1, -0.05) is 25.4 Å². The summed E-state index contributed by atoms with van der Waals surface area (Å²) >= 11 is 5.91. The second-order valence-corrected chi connectivity index (χ2v) is 8.95. The van der Waals surface area contributed by atoms with Gasteiger partial charge < -0.3 is 19.4 Å². The average Bonchev–Trinajstić information content (AvgIpc) is 3.16. The normalized spacial score (nSPS) is 11.6. The molecule has 0 aliphatic rings. The molecule has 7 nitrogen and oxygen atoms in total. The fraction of sp³-hybridized carbons (Fsp3) is 0.320. The SMILES string of the molecule is CC(C)c1oc(-c2ccc(Cl)cc2O)nc1CCC(=O)c1ccc(OC(C)(C)C(=O)O)cc1. The fourth-order valence-electron chi connectivity index (χ4n) is 3.22. The second-order valence-electron chi connectivity index (χ2n) is 8.51. The molecule has 0 spiro atoms. The molecule has 0 fully saturated rings. The number of carboxylic acid groups (broad SMARTS) is 1. The van der Waals surface area contributed by atoms with Crippen molar-refractivity contribution in [2.75, 3.05) is 0 Å². The van der Waals surface area contributed by atoms with E-state index in [1.54, 1.807) is 36.4 Å². The van der Waals surface area contributed by atoms with Crippen LogP contribution < -0.4 is 4.74 Å². The van der Waals surface area contributed by atoms with E-state index >= 15 is 0 Å². The number of carbonyl (C=O) groups excluding carboxylic acids is 1. The van der Waals surface area contributed by atoms with Crippen LogP contribution in [0.5, 0.6) is 11.5 Å². The highest BCUT2D eigenvalue weighted by atomic mass is 35.5. The molecule has 0 aliphatic carbocycles. The number of ketones is 1. The standard InChI is InChI=1S/C25H26ClNO6/c1-14(2)22-19(27-23(32-22)18-10-7-16(26)13-21(18)29)11-12-20(28)15-5-8-17(9-6-15)33-25(3,4)24(30)31/h5-10,13-14,29H,11-12H2,1-4H3,(H,30,31). The number of Topliss-reactive ketones (excluding diaryl/α,β-unsaturated/α-hetero) is 1. The Labute approximate surface area is 197 Å². The molecular weight excluding hydrogens is 446 g/mol. The Kier molecular flexibility index (Phi) is 7.12. The third-order valence-corrected chi connectivity index (χ3v) is 5.33. The second kappa shape index (κ2) is 9.67. The largest absolute Gasteiger partial charge is 0.507 e. The third-order valence-electron chi connectivity index (χ3n) is 5.10. The molecule has 174 valence electrons. The number of hydrogen-bond acceptors (Lipinski definition) is 6. The number of aryl methyl sites for hydroxylation is 1. The minimum atomic E-state index is -1.37. The Morgan fingerprint density at radius 3 is 2.39 bits per heavy atom. The van der Waals surface area contributed by atoms with Gasteiger partial charge in [-0.25, -0.2) is 9.78 Å². The van der Waals surface area contributed by atoms with Crippen LogP contribution in [0.3, 0.4) is 0 Å². The van der Waals surface area contributed by atoms with Crippen LogP contribution in [0, 0.1) is 0 Å². The molecule has 2 N–H and O–H groups in total. The smallest absolute Gasteiger partial charge is 0.347 e. The van der Waals surface area contributed by atoms with Crippen molar-refractivity contribution in [1.29, 1.82) is 0 Å². The van der Waals surface area contributed by atoms with Crippen molar-refractivity contribution >= 4 is 23.4 Å². The van der Waals surface area contributed by atoms with E-state index in [4.69, 9.17) is 20.8 Å². The van der Waals surface area contributed by atoms with Gasteiger partial charge in [-0.05, 0) is 56.3 Å². The van der Waals surface area contributed by atoms with Crippen LogP contribution in [0.25, 0.3) is 11.5 Å². The number of nitrogens with zero attached hydrogens (tertiary/aromatic N) is 1. The lowest BCUT2D eigenvalue weighted by Gasteiger charge is -2.21. The monoisotopic (exact) mass is 471 g/mol. The van der Waals surface area contributed by atoms with Crippen LogP contribution in [-0.4, -0.2) is 32.6 Å². The number of phenolic OH excluding ortho intramolecular Hbond substituents is 1. The number of hydrogen-bond donors (Lipinski definition) is 2. The summed E-state index contributed by atoms with van der Waals surface area (Å²) in [5.41, 5.74) is 0.201. The maximum absolute atomic E-state index is 12.7. The number of oxazole rings is 1. The van der Waals surface area contributed by atoms with Gasteiger partial charge in [0.25, 0.3) is 0 Å². The lowest BCUT2D eigenvalue weighted by Crippen LogP contribution is -2.37. The zero-order valence-corrected chi connectivity index (χ0v) is 19.6. The molecule has 8 heteroatoms. The summed E-state index contributed by atoms with van der Waals surface area (Å²) in [7, 11) is 0. The van der Waals surface area contributed by atoms with E-state index in [-0.39, 0.29) is 29.8 Å². The number of rotatable bonds is 9. The summed E-state index contributed by atoms with van der Waals surface area (Å²) in [5.74, 6) is 0.139. The highest BCUT2D eigenvalue weighted by Gasteiger charge is 2.29. The van der Waals surface area contributed by atoms with Crippen LogP contribution >= 0.6 is 11.6 Å². The number of ether oxygens (including phenoxy) is 1. The fourth-order valence-corrected chi connectivity index (χ4v) is 3.38. The van der Waals surface area contributed by atoms with Crippen LogP contribution in [-0.2, 0) is 11.2 Å². The number of aliphatic carboxylic acids is 1. The van der Waals surface area contributed by atoms with Crippen LogP contribution in [0.1, 0.15) is 61.8 Å². The Bertz CT molecular complexity index is 1160. The van der Waals surface area contributed by atoms with Gasteiger partial charge in [0, 0.05) is 29.3 Å². The van der Waals surface area contributed by atoms with Crippen molar-refractivity contribution in [2.45, 2.75) is 52.1 Å². The zero-order chi connectivity index (χ0) is 24.3. The Hall–Kier alpha value is -3.32. The topological polar surface area (TPSA) is 110 Å². The quantitative estimate of drug-likeness (QED) is 0.375. The number of aromatic hydroxyl groups is 1. The molecular formula is C25H26ClNO6. The minimum absolute atomic E-state index is 0.0323. The first kappa shape index (κ1) is 24.3. The molecule has 0 saturated heterocycles. The predicted octanol–water partition coefficient (Wildman–Crippen LogP) is 5.88. The predicted molar refractivity (Wildman–Crippen MR) is 124 cm³/mol. The van der Waals surface area contributed by atoms with Crippen LogP contribution in [0.4, 0.5) is 0 Å². The van der Waals surface area contributed by atoms with E-state index in [0.717, 1.165) is 0 Å². The molecule has 1 heterocycles. The molecule has 33 heavy (non-hydrogen) atoms. The zero-order valence-electron chi connectivity index (χ0n) is 18.9. The lowest BCUT2D eigenvalue weighted by atomic mass is 10.0. The van der Waals surface area contributed by atoms with Crippen molar-refractivity contribution in [2.24, 2.45) is 0 Å². The third kappa shape index (κ3) is 5.73. The molecule has 1 aromatic heterocycles. The van der Waals surface area contributed by atoms with Crippen LogP contribution in [0.2, 0.25) is 5.02 Å². The first-order chi connectivity index (χ1) is 15.5. The van der Waals surface area contributed by atoms with Gasteiger partial charge in [-0.2, -0.15) is 0 Å². The van der Waals surface area contributed by atoms with E-state index in [2.05, 4.69) is 4.98 Å². The van der Waals surface area contributed by atoms with E-state index in [1.165, 1.54) is 19.9 Å². The highest BCUT2D eigenvalue weighted by Crippen LogP contribution is 2.34. The van der Waals surface area contributed by atoms with E-state index in [9.17, 15) is 19.8 Å². The summed E-state index contributed by atoms with van der Waals surface area (Å²) in [6, 6.07) is 11.1. The molecule has 0 atom stereocenters. The maximum Gasteiger partial charge on any atom is 0.347 e. The van der Waals surface area contributed by atoms with Gasteiger partial charge in [0.15, 0.2) is 11.4 Å². The van der Waals surface area contributed by atoms with Gasteiger partial charge >= 0.3 is 5.97 Å². The number of phenols is 1. The molecule has 0 unspecified atom stereocenters.